The van der Waals surface area contributed by atoms with Gasteiger partial charge in [0.2, 0.25) is 0 Å². The number of methoxy groups -OCH3 is 1. The number of hydrogen-bond donors (Lipinski definition) is 0. The van der Waals surface area contributed by atoms with Crippen LogP contribution in [0, 0.1) is 0 Å². The van der Waals surface area contributed by atoms with E-state index in [1.807, 2.05) is 30.3 Å². The molecule has 0 amide bonds. The smallest absolute Gasteiger partial charge is 0.159 e. The van der Waals surface area contributed by atoms with E-state index in [1.165, 1.54) is 0 Å². The summed E-state index contributed by atoms with van der Waals surface area (Å²) in [5.41, 5.74) is 1.44. The third-order valence-electron chi connectivity index (χ3n) is 2.43. The molecule has 2 rings (SSSR count). The van der Waals surface area contributed by atoms with Crippen LogP contribution in [0.15, 0.2) is 54.6 Å². The molecule has 0 spiro atoms. The van der Waals surface area contributed by atoms with Crippen molar-refractivity contribution in [2.24, 2.45) is 0 Å². The van der Waals surface area contributed by atoms with Gasteiger partial charge in [-0.3, -0.25) is 9.59 Å². The Balaban J connectivity index is 0.000000191. The van der Waals surface area contributed by atoms with Gasteiger partial charge in [-0.2, -0.15) is 0 Å². The van der Waals surface area contributed by atoms with E-state index in [0.717, 1.165) is 17.6 Å². The molecule has 0 heterocycles. The number of aldehydes is 1. The Labute approximate surface area is 112 Å². The van der Waals surface area contributed by atoms with Crippen LogP contribution >= 0.6 is 0 Å². The van der Waals surface area contributed by atoms with Crippen LogP contribution in [0.25, 0.3) is 0 Å². The van der Waals surface area contributed by atoms with Gasteiger partial charge in [0, 0.05) is 11.1 Å². The zero-order valence-electron chi connectivity index (χ0n) is 11.0. The first-order valence-corrected chi connectivity index (χ1v) is 5.82. The van der Waals surface area contributed by atoms with Crippen molar-refractivity contribution < 1.29 is 14.3 Å². The van der Waals surface area contributed by atoms with Crippen LogP contribution in [0.4, 0.5) is 0 Å². The number of hydrogen-bond acceptors (Lipinski definition) is 3. The number of benzene rings is 2. The van der Waals surface area contributed by atoms with E-state index in [-0.39, 0.29) is 5.78 Å². The van der Waals surface area contributed by atoms with Crippen LogP contribution in [0.5, 0.6) is 5.75 Å². The van der Waals surface area contributed by atoms with Crippen molar-refractivity contribution in [3.8, 4) is 5.75 Å². The van der Waals surface area contributed by atoms with E-state index in [4.69, 9.17) is 4.74 Å². The van der Waals surface area contributed by atoms with E-state index < -0.39 is 0 Å². The summed E-state index contributed by atoms with van der Waals surface area (Å²) in [4.78, 5) is 20.8. The van der Waals surface area contributed by atoms with Crippen molar-refractivity contribution in [3.63, 3.8) is 0 Å². The Kier molecular flexibility index (Phi) is 6.03. The molecule has 0 aromatic heterocycles. The first-order chi connectivity index (χ1) is 9.17. The van der Waals surface area contributed by atoms with Crippen molar-refractivity contribution in [3.05, 3.63) is 65.7 Å². The van der Waals surface area contributed by atoms with Crippen molar-refractivity contribution in [1.29, 1.82) is 0 Å². The van der Waals surface area contributed by atoms with Gasteiger partial charge in [0.15, 0.2) is 5.78 Å². The fraction of sp³-hybridized carbons (Fsp3) is 0.125. The number of Topliss-reactive ketones (excluding diaryl/α,β-unsaturated/α-hetero) is 1. The van der Waals surface area contributed by atoms with Crippen LogP contribution in [0.3, 0.4) is 0 Å². The third-order valence-corrected chi connectivity index (χ3v) is 2.43. The molecule has 0 N–H and O–H groups in total. The maximum atomic E-state index is 10.6. The highest BCUT2D eigenvalue weighted by atomic mass is 16.5. The van der Waals surface area contributed by atoms with Gasteiger partial charge in [-0.15, -0.1) is 0 Å². The molecule has 0 aliphatic heterocycles. The number of carbonyl (C=O) groups excluding carboxylic acids is 2. The molecule has 0 fully saturated rings. The van der Waals surface area contributed by atoms with E-state index >= 15 is 0 Å². The van der Waals surface area contributed by atoms with E-state index in [9.17, 15) is 9.59 Å². The molecular weight excluding hydrogens is 240 g/mol. The van der Waals surface area contributed by atoms with Crippen molar-refractivity contribution in [2.45, 2.75) is 6.92 Å². The van der Waals surface area contributed by atoms with Crippen LogP contribution in [-0.4, -0.2) is 19.2 Å². The standard InChI is InChI=1S/C8H8O2.C8H8O/c1-10-8-4-2-7(6-9)3-5-8;1-7(9)8-5-3-2-4-6-8/h2-6H,1H3;2-6H,1H3. The summed E-state index contributed by atoms with van der Waals surface area (Å²) in [6, 6.07) is 16.2. The van der Waals surface area contributed by atoms with E-state index in [1.54, 1.807) is 38.3 Å². The molecule has 3 nitrogen and oxygen atoms in total. The summed E-state index contributed by atoms with van der Waals surface area (Å²) in [6.45, 7) is 1.56. The summed E-state index contributed by atoms with van der Waals surface area (Å²) < 4.78 is 4.90. The molecule has 0 saturated carbocycles. The molecule has 3 heteroatoms. The normalized spacial score (nSPS) is 8.95. The number of ketones is 1. The Hall–Kier alpha value is -2.42. The highest BCUT2D eigenvalue weighted by Crippen LogP contribution is 2.09. The lowest BCUT2D eigenvalue weighted by atomic mass is 10.2. The van der Waals surface area contributed by atoms with Gasteiger partial charge < -0.3 is 4.74 Å². The zero-order chi connectivity index (χ0) is 14.1. The molecule has 0 aliphatic carbocycles. The number of carbonyl (C=O) groups is 2. The molecule has 0 saturated heterocycles. The van der Waals surface area contributed by atoms with Gasteiger partial charge in [0.05, 0.1) is 7.11 Å². The quantitative estimate of drug-likeness (QED) is 0.624. The van der Waals surface area contributed by atoms with Crippen LogP contribution in [0.1, 0.15) is 27.6 Å². The molecule has 0 radical (unpaired) electrons. The van der Waals surface area contributed by atoms with Gasteiger partial charge in [-0.05, 0) is 31.2 Å². The minimum atomic E-state index is 0.121. The lowest BCUT2D eigenvalue weighted by Crippen LogP contribution is -1.88. The first-order valence-electron chi connectivity index (χ1n) is 5.82. The van der Waals surface area contributed by atoms with Gasteiger partial charge >= 0.3 is 0 Å². The van der Waals surface area contributed by atoms with Gasteiger partial charge in [-0.1, -0.05) is 30.3 Å². The summed E-state index contributed by atoms with van der Waals surface area (Å²) >= 11 is 0. The summed E-state index contributed by atoms with van der Waals surface area (Å²) in [5.74, 6) is 0.890. The number of rotatable bonds is 3. The van der Waals surface area contributed by atoms with Crippen LogP contribution < -0.4 is 4.74 Å². The maximum absolute atomic E-state index is 10.6. The molecule has 0 atom stereocenters. The summed E-state index contributed by atoms with van der Waals surface area (Å²) in [7, 11) is 1.59. The van der Waals surface area contributed by atoms with Gasteiger partial charge in [0.1, 0.15) is 12.0 Å². The van der Waals surface area contributed by atoms with Crippen molar-refractivity contribution in [2.75, 3.05) is 7.11 Å². The molecular formula is C16H16O3. The second-order valence-corrected chi connectivity index (χ2v) is 3.81. The fourth-order valence-electron chi connectivity index (χ4n) is 1.36. The predicted molar refractivity (Wildman–Crippen MR) is 74.8 cm³/mol. The molecule has 98 valence electrons. The molecule has 0 aliphatic rings. The Bertz CT molecular complexity index is 515. The SMILES string of the molecule is CC(=O)c1ccccc1.COc1ccc(C=O)cc1. The average Bonchev–Trinajstić information content (AvgIpc) is 2.49. The zero-order valence-corrected chi connectivity index (χ0v) is 11.0. The maximum Gasteiger partial charge on any atom is 0.159 e. The van der Waals surface area contributed by atoms with Crippen molar-refractivity contribution in [1.82, 2.24) is 0 Å². The molecule has 2 aromatic carbocycles. The minimum absolute atomic E-state index is 0.121. The molecule has 0 unspecified atom stereocenters. The molecule has 0 bridgehead atoms. The highest BCUT2D eigenvalue weighted by molar-refractivity contribution is 5.93. The monoisotopic (exact) mass is 256 g/mol. The van der Waals surface area contributed by atoms with Crippen LogP contribution in [0.2, 0.25) is 0 Å². The topological polar surface area (TPSA) is 43.4 Å². The van der Waals surface area contributed by atoms with Crippen LogP contribution in [-0.2, 0) is 0 Å². The Morgan fingerprint density at radius 1 is 1.00 bits per heavy atom. The Morgan fingerprint density at radius 3 is 1.95 bits per heavy atom. The van der Waals surface area contributed by atoms with E-state index in [0.29, 0.717) is 5.56 Å². The lowest BCUT2D eigenvalue weighted by molar-refractivity contribution is 0.101. The van der Waals surface area contributed by atoms with E-state index in [2.05, 4.69) is 0 Å². The van der Waals surface area contributed by atoms with Gasteiger partial charge in [-0.25, -0.2) is 0 Å². The Morgan fingerprint density at radius 2 is 1.58 bits per heavy atom. The lowest BCUT2D eigenvalue weighted by Gasteiger charge is -1.96. The second-order valence-electron chi connectivity index (χ2n) is 3.81. The second kappa shape index (κ2) is 7.82. The molecule has 19 heavy (non-hydrogen) atoms. The highest BCUT2D eigenvalue weighted by Gasteiger charge is 1.92. The molecule has 2 aromatic rings. The predicted octanol–water partition coefficient (Wildman–Crippen LogP) is 3.40. The average molecular weight is 256 g/mol. The number of ether oxygens (including phenoxy) is 1. The fourth-order valence-corrected chi connectivity index (χ4v) is 1.36. The van der Waals surface area contributed by atoms with Gasteiger partial charge in [0.25, 0.3) is 0 Å². The first kappa shape index (κ1) is 14.6. The summed E-state index contributed by atoms with van der Waals surface area (Å²) in [5, 5.41) is 0. The third kappa shape index (κ3) is 5.17. The summed E-state index contributed by atoms with van der Waals surface area (Å²) in [6.07, 6.45) is 0.805. The van der Waals surface area contributed by atoms with Crippen molar-refractivity contribution >= 4 is 12.1 Å². The largest absolute Gasteiger partial charge is 0.497 e. The minimum Gasteiger partial charge on any atom is -0.497 e.